The van der Waals surface area contributed by atoms with Crippen LogP contribution in [0.3, 0.4) is 0 Å². The maximum absolute atomic E-state index is 13.1. The van der Waals surface area contributed by atoms with Crippen LogP contribution in [0.1, 0.15) is 18.5 Å². The van der Waals surface area contributed by atoms with Crippen LogP contribution >= 0.6 is 0 Å². The summed E-state index contributed by atoms with van der Waals surface area (Å²) in [6.45, 7) is 5.68. The molecule has 2 N–H and O–H groups in total. The fourth-order valence-corrected chi connectivity index (χ4v) is 2.23. The lowest BCUT2D eigenvalue weighted by Crippen LogP contribution is -2.51. The molecule has 116 valence electrons. The Kier molecular flexibility index (Phi) is 4.93. The number of carbonyl (C=O) groups is 2. The number of urea groups is 1. The Labute approximate surface area is 127 Å². The second-order valence-electron chi connectivity index (χ2n) is 4.83. The number of rotatable bonds is 4. The molecule has 1 aliphatic rings. The molecule has 1 fully saturated rings. The number of amides is 2. The van der Waals surface area contributed by atoms with E-state index in [1.807, 2.05) is 6.92 Å². The molecule has 0 bridgehead atoms. The van der Waals surface area contributed by atoms with Crippen LogP contribution in [-0.4, -0.2) is 18.6 Å². The fraction of sp³-hybridized carbons (Fsp3) is 0.250. The predicted molar refractivity (Wildman–Crippen MR) is 79.2 cm³/mol. The van der Waals surface area contributed by atoms with E-state index in [0.29, 0.717) is 5.56 Å². The molecule has 1 saturated heterocycles. The summed E-state index contributed by atoms with van der Waals surface area (Å²) in [6.07, 6.45) is 3.46. The number of esters is 1. The highest BCUT2D eigenvalue weighted by molar-refractivity contribution is 5.85. The van der Waals surface area contributed by atoms with Gasteiger partial charge in [-0.05, 0) is 24.6 Å². The second-order valence-corrected chi connectivity index (χ2v) is 4.83. The molecule has 0 saturated carbocycles. The van der Waals surface area contributed by atoms with Crippen molar-refractivity contribution in [2.24, 2.45) is 5.92 Å². The summed E-state index contributed by atoms with van der Waals surface area (Å²) in [5, 5.41) is 5.13. The molecule has 1 aromatic rings. The molecule has 2 amide bonds. The van der Waals surface area contributed by atoms with Gasteiger partial charge in [0.2, 0.25) is 0 Å². The Morgan fingerprint density at radius 2 is 2.09 bits per heavy atom. The van der Waals surface area contributed by atoms with Gasteiger partial charge in [-0.15, -0.1) is 0 Å². The zero-order valence-corrected chi connectivity index (χ0v) is 12.1. The molecular formula is C16H17FN2O3. The standard InChI is InChI=1S/C16H17FN2O3/c1-3-4-9-22-15(20)13-10(2)18-16(21)19-14(13)11-5-7-12(17)8-6-11/h3-8,13-14H,2,9H2,1H3,(H2,18,19,21)/b4-3+/t13-,14+/m1/s1. The third-order valence-corrected chi connectivity index (χ3v) is 3.31. The van der Waals surface area contributed by atoms with Crippen LogP contribution in [0.25, 0.3) is 0 Å². The van der Waals surface area contributed by atoms with Gasteiger partial charge < -0.3 is 15.4 Å². The van der Waals surface area contributed by atoms with Gasteiger partial charge in [0.15, 0.2) is 0 Å². The van der Waals surface area contributed by atoms with E-state index >= 15 is 0 Å². The van der Waals surface area contributed by atoms with Crippen molar-refractivity contribution in [3.05, 3.63) is 60.1 Å². The van der Waals surface area contributed by atoms with E-state index in [0.717, 1.165) is 0 Å². The van der Waals surface area contributed by atoms with E-state index < -0.39 is 29.8 Å². The quantitative estimate of drug-likeness (QED) is 0.663. The Hall–Kier alpha value is -2.63. The summed E-state index contributed by atoms with van der Waals surface area (Å²) in [5.41, 5.74) is 0.855. The summed E-state index contributed by atoms with van der Waals surface area (Å²) < 4.78 is 18.2. The highest BCUT2D eigenvalue weighted by Gasteiger charge is 2.38. The smallest absolute Gasteiger partial charge is 0.319 e. The molecular weight excluding hydrogens is 287 g/mol. The van der Waals surface area contributed by atoms with Gasteiger partial charge in [0.1, 0.15) is 18.3 Å². The minimum Gasteiger partial charge on any atom is -0.461 e. The van der Waals surface area contributed by atoms with Gasteiger partial charge in [-0.1, -0.05) is 30.9 Å². The Bertz CT molecular complexity index is 610. The largest absolute Gasteiger partial charge is 0.461 e. The molecule has 0 aromatic heterocycles. The summed E-state index contributed by atoms with van der Waals surface area (Å²) in [6, 6.07) is 4.47. The van der Waals surface area contributed by atoms with E-state index in [-0.39, 0.29) is 12.3 Å². The lowest BCUT2D eigenvalue weighted by atomic mass is 9.89. The van der Waals surface area contributed by atoms with Crippen molar-refractivity contribution in [1.29, 1.82) is 0 Å². The van der Waals surface area contributed by atoms with Gasteiger partial charge in [0.05, 0.1) is 6.04 Å². The molecule has 2 atom stereocenters. The first-order valence-corrected chi connectivity index (χ1v) is 6.82. The van der Waals surface area contributed by atoms with Crippen LogP contribution in [0.4, 0.5) is 9.18 Å². The first-order chi connectivity index (χ1) is 10.5. The molecule has 5 nitrogen and oxygen atoms in total. The number of carbonyl (C=O) groups excluding carboxylic acids is 2. The van der Waals surface area contributed by atoms with Gasteiger partial charge in [-0.2, -0.15) is 0 Å². The molecule has 1 heterocycles. The van der Waals surface area contributed by atoms with Crippen molar-refractivity contribution in [3.8, 4) is 0 Å². The van der Waals surface area contributed by atoms with Gasteiger partial charge in [0.25, 0.3) is 0 Å². The average molecular weight is 304 g/mol. The number of hydrogen-bond acceptors (Lipinski definition) is 3. The van der Waals surface area contributed by atoms with E-state index in [2.05, 4.69) is 17.2 Å². The van der Waals surface area contributed by atoms with Crippen LogP contribution in [-0.2, 0) is 9.53 Å². The van der Waals surface area contributed by atoms with Gasteiger partial charge in [0, 0.05) is 5.70 Å². The number of ether oxygens (including phenoxy) is 1. The normalized spacial score (nSPS) is 21.4. The molecule has 0 aliphatic carbocycles. The maximum atomic E-state index is 13.1. The second kappa shape index (κ2) is 6.89. The van der Waals surface area contributed by atoms with E-state index in [1.54, 1.807) is 12.2 Å². The van der Waals surface area contributed by atoms with Crippen LogP contribution in [0.5, 0.6) is 0 Å². The van der Waals surface area contributed by atoms with Crippen LogP contribution in [0.2, 0.25) is 0 Å². The van der Waals surface area contributed by atoms with Crippen molar-refractivity contribution in [2.75, 3.05) is 6.61 Å². The Morgan fingerprint density at radius 3 is 2.73 bits per heavy atom. The zero-order chi connectivity index (χ0) is 16.1. The number of nitrogens with one attached hydrogen (secondary N) is 2. The zero-order valence-electron chi connectivity index (χ0n) is 12.1. The lowest BCUT2D eigenvalue weighted by Gasteiger charge is -2.33. The molecule has 0 spiro atoms. The molecule has 1 aromatic carbocycles. The lowest BCUT2D eigenvalue weighted by molar-refractivity contribution is -0.147. The summed E-state index contributed by atoms with van der Waals surface area (Å²) >= 11 is 0. The minimum absolute atomic E-state index is 0.142. The SMILES string of the molecule is C=C1NC(=O)N[C@@H](c2ccc(F)cc2)[C@@H]1C(=O)OC/C=C/C. The molecule has 6 heteroatoms. The van der Waals surface area contributed by atoms with Crippen molar-refractivity contribution in [1.82, 2.24) is 10.6 Å². The molecule has 22 heavy (non-hydrogen) atoms. The number of allylic oxidation sites excluding steroid dienone is 1. The van der Waals surface area contributed by atoms with E-state index in [9.17, 15) is 14.0 Å². The molecule has 0 unspecified atom stereocenters. The van der Waals surface area contributed by atoms with Gasteiger partial charge >= 0.3 is 12.0 Å². The fourth-order valence-electron chi connectivity index (χ4n) is 2.23. The van der Waals surface area contributed by atoms with Crippen molar-refractivity contribution < 1.29 is 18.7 Å². The number of benzene rings is 1. The Morgan fingerprint density at radius 1 is 1.41 bits per heavy atom. The topological polar surface area (TPSA) is 67.4 Å². The minimum atomic E-state index is -0.784. The predicted octanol–water partition coefficient (Wildman–Crippen LogP) is 2.43. The number of hydrogen-bond donors (Lipinski definition) is 2. The Balaban J connectivity index is 2.25. The van der Waals surface area contributed by atoms with Crippen LogP contribution < -0.4 is 10.6 Å². The van der Waals surface area contributed by atoms with Gasteiger partial charge in [-0.3, -0.25) is 4.79 Å². The monoisotopic (exact) mass is 304 g/mol. The van der Waals surface area contributed by atoms with Crippen molar-refractivity contribution in [3.63, 3.8) is 0 Å². The van der Waals surface area contributed by atoms with E-state index in [1.165, 1.54) is 24.3 Å². The average Bonchev–Trinajstić information content (AvgIpc) is 2.47. The highest BCUT2D eigenvalue weighted by atomic mass is 19.1. The summed E-state index contributed by atoms with van der Waals surface area (Å²) in [5.74, 6) is -1.69. The number of halogens is 1. The summed E-state index contributed by atoms with van der Waals surface area (Å²) in [7, 11) is 0. The molecule has 0 radical (unpaired) electrons. The van der Waals surface area contributed by atoms with Crippen LogP contribution in [0, 0.1) is 11.7 Å². The van der Waals surface area contributed by atoms with Crippen molar-refractivity contribution >= 4 is 12.0 Å². The van der Waals surface area contributed by atoms with Crippen LogP contribution in [0.15, 0.2) is 48.7 Å². The van der Waals surface area contributed by atoms with E-state index in [4.69, 9.17) is 4.74 Å². The molecule has 1 aliphatic heterocycles. The maximum Gasteiger partial charge on any atom is 0.319 e. The van der Waals surface area contributed by atoms with Crippen molar-refractivity contribution in [2.45, 2.75) is 13.0 Å². The molecule has 2 rings (SSSR count). The third kappa shape index (κ3) is 3.52. The highest BCUT2D eigenvalue weighted by Crippen LogP contribution is 2.30. The summed E-state index contributed by atoms with van der Waals surface area (Å²) in [4.78, 5) is 23.9. The first-order valence-electron chi connectivity index (χ1n) is 6.82. The van der Waals surface area contributed by atoms with Gasteiger partial charge in [-0.25, -0.2) is 9.18 Å². The first kappa shape index (κ1) is 15.8. The third-order valence-electron chi connectivity index (χ3n) is 3.31.